The lowest BCUT2D eigenvalue weighted by Crippen LogP contribution is -2.36. The molecule has 1 saturated heterocycles. The van der Waals surface area contributed by atoms with Crippen molar-refractivity contribution in [1.29, 1.82) is 0 Å². The Kier molecular flexibility index (Phi) is 4.41. The number of nitrogen functional groups attached to an aromatic ring is 1. The highest BCUT2D eigenvalue weighted by Crippen LogP contribution is 2.19. The van der Waals surface area contributed by atoms with Gasteiger partial charge in [-0.3, -0.25) is 9.63 Å². The van der Waals surface area contributed by atoms with Gasteiger partial charge in [0.1, 0.15) is 5.75 Å². The van der Waals surface area contributed by atoms with Crippen LogP contribution in [0, 0.1) is 0 Å². The fourth-order valence-electron chi connectivity index (χ4n) is 1.78. The van der Waals surface area contributed by atoms with E-state index in [1.807, 2.05) is 12.1 Å². The van der Waals surface area contributed by atoms with Gasteiger partial charge in [-0.2, -0.15) is 0 Å². The molecule has 0 unspecified atom stereocenters. The lowest BCUT2D eigenvalue weighted by Gasteiger charge is -2.25. The first-order valence-electron chi connectivity index (χ1n) is 6.18. The maximum atomic E-state index is 11.8. The Bertz CT molecular complexity index is 403. The third-order valence-corrected chi connectivity index (χ3v) is 2.77. The van der Waals surface area contributed by atoms with Crippen molar-refractivity contribution < 1.29 is 14.4 Å². The zero-order valence-electron chi connectivity index (χ0n) is 10.3. The average molecular weight is 250 g/mol. The number of benzene rings is 1. The molecule has 1 fully saturated rings. The largest absolute Gasteiger partial charge is 0.491 e. The molecule has 0 aliphatic carbocycles. The van der Waals surface area contributed by atoms with Crippen LogP contribution in [0.25, 0.3) is 0 Å². The number of amides is 1. The summed E-state index contributed by atoms with van der Waals surface area (Å²) in [4.78, 5) is 17.0. The Morgan fingerprint density at radius 1 is 1.39 bits per heavy atom. The highest BCUT2D eigenvalue weighted by Gasteiger charge is 2.17. The Morgan fingerprint density at radius 3 is 2.94 bits per heavy atom. The summed E-state index contributed by atoms with van der Waals surface area (Å²) in [5.74, 6) is 0.578. The van der Waals surface area contributed by atoms with Gasteiger partial charge in [-0.25, -0.2) is 5.06 Å². The number of para-hydroxylation sites is 2. The van der Waals surface area contributed by atoms with E-state index in [9.17, 15) is 4.79 Å². The second kappa shape index (κ2) is 6.26. The summed E-state index contributed by atoms with van der Waals surface area (Å²) in [6.07, 6.45) is 2.31. The van der Waals surface area contributed by atoms with Crippen molar-refractivity contribution in [3.63, 3.8) is 0 Å². The molecule has 1 aromatic carbocycles. The highest BCUT2D eigenvalue weighted by molar-refractivity contribution is 5.75. The summed E-state index contributed by atoms with van der Waals surface area (Å²) < 4.78 is 5.47. The normalized spacial score (nSPS) is 15.4. The molecule has 5 nitrogen and oxygen atoms in total. The van der Waals surface area contributed by atoms with Crippen LogP contribution in [0.2, 0.25) is 0 Å². The Morgan fingerprint density at radius 2 is 2.22 bits per heavy atom. The van der Waals surface area contributed by atoms with Crippen LogP contribution in [0.1, 0.15) is 19.3 Å². The molecule has 98 valence electrons. The molecule has 1 amide bonds. The first-order chi connectivity index (χ1) is 8.77. The van der Waals surface area contributed by atoms with Crippen molar-refractivity contribution in [2.75, 3.05) is 25.5 Å². The molecule has 0 saturated carbocycles. The van der Waals surface area contributed by atoms with E-state index in [1.165, 1.54) is 5.06 Å². The molecule has 1 aliphatic heterocycles. The van der Waals surface area contributed by atoms with Crippen LogP contribution >= 0.6 is 0 Å². The molecule has 18 heavy (non-hydrogen) atoms. The highest BCUT2D eigenvalue weighted by atomic mass is 16.7. The first kappa shape index (κ1) is 12.7. The molecular formula is C13H18N2O3. The number of hydroxylamine groups is 2. The number of rotatable bonds is 4. The lowest BCUT2D eigenvalue weighted by molar-refractivity contribution is -0.197. The average Bonchev–Trinajstić information content (AvgIpc) is 2.42. The fraction of sp³-hybridized carbons (Fsp3) is 0.462. The summed E-state index contributed by atoms with van der Waals surface area (Å²) in [5.41, 5.74) is 6.32. The van der Waals surface area contributed by atoms with Gasteiger partial charge in [0.15, 0.2) is 0 Å². The second-order valence-electron chi connectivity index (χ2n) is 4.17. The quantitative estimate of drug-likeness (QED) is 0.824. The minimum absolute atomic E-state index is 0.0378. The summed E-state index contributed by atoms with van der Waals surface area (Å²) in [6.45, 7) is 1.61. The molecule has 0 spiro atoms. The number of carbonyl (C=O) groups excluding carboxylic acids is 1. The van der Waals surface area contributed by atoms with Gasteiger partial charge < -0.3 is 10.5 Å². The SMILES string of the molecule is Nc1ccccc1OCCC(=O)N1CCCCO1. The van der Waals surface area contributed by atoms with Crippen molar-refractivity contribution >= 4 is 11.6 Å². The van der Waals surface area contributed by atoms with Crippen LogP contribution in [0.4, 0.5) is 5.69 Å². The number of nitrogens with two attached hydrogens (primary N) is 1. The van der Waals surface area contributed by atoms with Crippen molar-refractivity contribution in [3.05, 3.63) is 24.3 Å². The Labute approximate surface area is 106 Å². The molecule has 0 aromatic heterocycles. The molecule has 5 heteroatoms. The fourth-order valence-corrected chi connectivity index (χ4v) is 1.78. The zero-order valence-corrected chi connectivity index (χ0v) is 10.3. The van der Waals surface area contributed by atoms with Crippen LogP contribution in [0.15, 0.2) is 24.3 Å². The van der Waals surface area contributed by atoms with E-state index in [0.29, 0.717) is 37.6 Å². The minimum atomic E-state index is -0.0378. The molecular weight excluding hydrogens is 232 g/mol. The molecule has 2 rings (SSSR count). The van der Waals surface area contributed by atoms with E-state index >= 15 is 0 Å². The molecule has 0 radical (unpaired) electrons. The summed E-state index contributed by atoms with van der Waals surface area (Å²) >= 11 is 0. The summed E-state index contributed by atoms with van der Waals surface area (Å²) in [7, 11) is 0. The van der Waals surface area contributed by atoms with Gasteiger partial charge in [0.2, 0.25) is 5.91 Å². The van der Waals surface area contributed by atoms with E-state index < -0.39 is 0 Å². The molecule has 1 heterocycles. The number of hydrogen-bond acceptors (Lipinski definition) is 4. The van der Waals surface area contributed by atoms with Crippen LogP contribution in [-0.2, 0) is 9.63 Å². The van der Waals surface area contributed by atoms with E-state index in [-0.39, 0.29) is 5.91 Å². The smallest absolute Gasteiger partial charge is 0.249 e. The standard InChI is InChI=1S/C13H18N2O3/c14-11-5-1-2-6-12(11)17-10-7-13(16)15-8-3-4-9-18-15/h1-2,5-6H,3-4,7-10,14H2. The predicted molar refractivity (Wildman–Crippen MR) is 67.9 cm³/mol. The van der Waals surface area contributed by atoms with E-state index in [1.54, 1.807) is 12.1 Å². The zero-order chi connectivity index (χ0) is 12.8. The molecule has 1 aliphatic rings. The van der Waals surface area contributed by atoms with Crippen molar-refractivity contribution in [3.8, 4) is 5.75 Å². The van der Waals surface area contributed by atoms with E-state index in [0.717, 1.165) is 12.8 Å². The van der Waals surface area contributed by atoms with Crippen LogP contribution in [0.3, 0.4) is 0 Å². The first-order valence-corrected chi connectivity index (χ1v) is 6.18. The summed E-state index contributed by atoms with van der Waals surface area (Å²) in [5, 5.41) is 1.43. The number of nitrogens with zero attached hydrogens (tertiary/aromatic N) is 1. The van der Waals surface area contributed by atoms with Crippen LogP contribution in [-0.4, -0.2) is 30.7 Å². The Hall–Kier alpha value is -1.75. The Balaban J connectivity index is 1.75. The number of carbonyl (C=O) groups is 1. The van der Waals surface area contributed by atoms with Crippen molar-refractivity contribution in [2.45, 2.75) is 19.3 Å². The molecule has 0 bridgehead atoms. The van der Waals surface area contributed by atoms with Crippen molar-refractivity contribution in [1.82, 2.24) is 5.06 Å². The van der Waals surface area contributed by atoms with Gasteiger partial charge in [-0.05, 0) is 25.0 Å². The molecule has 1 aromatic rings. The van der Waals surface area contributed by atoms with Crippen molar-refractivity contribution in [2.24, 2.45) is 0 Å². The third-order valence-electron chi connectivity index (χ3n) is 2.77. The van der Waals surface area contributed by atoms with Gasteiger partial charge in [-0.15, -0.1) is 0 Å². The number of ether oxygens (including phenoxy) is 1. The van der Waals surface area contributed by atoms with Crippen LogP contribution in [0.5, 0.6) is 5.75 Å². The minimum Gasteiger partial charge on any atom is -0.491 e. The monoisotopic (exact) mass is 250 g/mol. The van der Waals surface area contributed by atoms with Gasteiger partial charge in [0, 0.05) is 6.54 Å². The van der Waals surface area contributed by atoms with E-state index in [4.69, 9.17) is 15.3 Å². The number of anilines is 1. The van der Waals surface area contributed by atoms with Gasteiger partial charge in [0.05, 0.1) is 25.3 Å². The predicted octanol–water partition coefficient (Wildman–Crippen LogP) is 1.59. The molecule has 0 atom stereocenters. The third kappa shape index (κ3) is 3.37. The van der Waals surface area contributed by atoms with E-state index in [2.05, 4.69) is 0 Å². The number of hydrogen-bond donors (Lipinski definition) is 1. The second-order valence-corrected chi connectivity index (χ2v) is 4.17. The van der Waals surface area contributed by atoms with Gasteiger partial charge in [-0.1, -0.05) is 12.1 Å². The van der Waals surface area contributed by atoms with Crippen LogP contribution < -0.4 is 10.5 Å². The van der Waals surface area contributed by atoms with Gasteiger partial charge >= 0.3 is 0 Å². The molecule has 2 N–H and O–H groups in total. The maximum absolute atomic E-state index is 11.8. The summed E-state index contributed by atoms with van der Waals surface area (Å²) in [6, 6.07) is 7.25. The maximum Gasteiger partial charge on any atom is 0.249 e. The topological polar surface area (TPSA) is 64.8 Å². The lowest BCUT2D eigenvalue weighted by atomic mass is 10.3. The van der Waals surface area contributed by atoms with Gasteiger partial charge in [0.25, 0.3) is 0 Å².